The third-order valence-electron chi connectivity index (χ3n) is 3.07. The summed E-state index contributed by atoms with van der Waals surface area (Å²) < 4.78 is 0. The largest absolute Gasteiger partial charge is 0.398 e. The van der Waals surface area contributed by atoms with E-state index in [1.165, 1.54) is 0 Å². The van der Waals surface area contributed by atoms with Crippen LogP contribution in [0.2, 0.25) is 0 Å². The van der Waals surface area contributed by atoms with Crippen LogP contribution in [0.25, 0.3) is 0 Å². The van der Waals surface area contributed by atoms with E-state index in [0.29, 0.717) is 23.6 Å². The van der Waals surface area contributed by atoms with Gasteiger partial charge >= 0.3 is 0 Å². The number of rotatable bonds is 3. The van der Waals surface area contributed by atoms with Gasteiger partial charge in [-0.15, -0.1) is 5.10 Å². The lowest BCUT2D eigenvalue weighted by molar-refractivity contribution is 0.941. The molecule has 0 aliphatic heterocycles. The van der Waals surface area contributed by atoms with Gasteiger partial charge in [-0.3, -0.25) is 0 Å². The Labute approximate surface area is 112 Å². The van der Waals surface area contributed by atoms with Gasteiger partial charge in [0.1, 0.15) is 11.6 Å². The highest BCUT2D eigenvalue weighted by Crippen LogP contribution is 2.19. The van der Waals surface area contributed by atoms with E-state index < -0.39 is 0 Å². The van der Waals surface area contributed by atoms with Crippen molar-refractivity contribution in [1.29, 1.82) is 5.26 Å². The molecular formula is C14H15N5. The Bertz CT molecular complexity index is 643. The molecule has 0 saturated carbocycles. The normalized spacial score (nSPS) is 9.95. The maximum absolute atomic E-state index is 9.19. The molecule has 5 nitrogen and oxygen atoms in total. The molecule has 0 saturated heterocycles. The van der Waals surface area contributed by atoms with Gasteiger partial charge in [-0.2, -0.15) is 10.4 Å². The van der Waals surface area contributed by atoms with Crippen LogP contribution in [0.4, 0.5) is 11.5 Å². The number of aryl methyl sites for hydroxylation is 1. The summed E-state index contributed by atoms with van der Waals surface area (Å²) in [5.74, 6) is 0.494. The van der Waals surface area contributed by atoms with E-state index in [-0.39, 0.29) is 0 Å². The van der Waals surface area contributed by atoms with Gasteiger partial charge in [-0.1, -0.05) is 18.2 Å². The summed E-state index contributed by atoms with van der Waals surface area (Å²) >= 11 is 0. The molecule has 1 heterocycles. The number of hydrogen-bond donors (Lipinski definition) is 2. The van der Waals surface area contributed by atoms with Crippen molar-refractivity contribution < 1.29 is 0 Å². The molecule has 1 aromatic carbocycles. The van der Waals surface area contributed by atoms with Crippen molar-refractivity contribution in [3.8, 4) is 6.07 Å². The molecule has 0 spiro atoms. The van der Waals surface area contributed by atoms with Crippen molar-refractivity contribution >= 4 is 11.5 Å². The highest BCUT2D eigenvalue weighted by atomic mass is 15.2. The first kappa shape index (κ1) is 12.8. The van der Waals surface area contributed by atoms with Gasteiger partial charge in [-0.05, 0) is 31.0 Å². The molecule has 2 aromatic rings. The lowest BCUT2D eigenvalue weighted by Gasteiger charge is -2.10. The highest BCUT2D eigenvalue weighted by Gasteiger charge is 2.10. The highest BCUT2D eigenvalue weighted by molar-refractivity contribution is 5.57. The summed E-state index contributed by atoms with van der Waals surface area (Å²) in [6, 6.07) is 9.74. The summed E-state index contributed by atoms with van der Waals surface area (Å²) in [4.78, 5) is 0. The summed E-state index contributed by atoms with van der Waals surface area (Å²) in [6.07, 6.45) is 0. The number of anilines is 2. The number of para-hydroxylation sites is 1. The van der Waals surface area contributed by atoms with Crippen LogP contribution in [0.5, 0.6) is 0 Å². The van der Waals surface area contributed by atoms with Gasteiger partial charge in [0.05, 0.1) is 5.69 Å². The lowest BCUT2D eigenvalue weighted by Crippen LogP contribution is -2.08. The summed E-state index contributed by atoms with van der Waals surface area (Å²) in [6.45, 7) is 4.21. The third-order valence-corrected chi connectivity index (χ3v) is 3.07. The molecule has 19 heavy (non-hydrogen) atoms. The monoisotopic (exact) mass is 253 g/mol. The summed E-state index contributed by atoms with van der Waals surface area (Å²) in [5, 5.41) is 20.4. The first-order chi connectivity index (χ1) is 9.13. The van der Waals surface area contributed by atoms with Gasteiger partial charge in [0, 0.05) is 12.2 Å². The summed E-state index contributed by atoms with van der Waals surface area (Å²) in [5.41, 5.74) is 9.69. The Morgan fingerprint density at radius 2 is 2.00 bits per heavy atom. The number of benzene rings is 1. The Balaban J connectivity index is 2.24. The van der Waals surface area contributed by atoms with Crippen molar-refractivity contribution in [1.82, 2.24) is 10.2 Å². The van der Waals surface area contributed by atoms with Crippen LogP contribution in [0.1, 0.15) is 22.4 Å². The number of nitrogens with zero attached hydrogens (tertiary/aromatic N) is 3. The molecule has 2 rings (SSSR count). The van der Waals surface area contributed by atoms with Crippen molar-refractivity contribution in [2.75, 3.05) is 11.1 Å². The molecule has 0 atom stereocenters. The van der Waals surface area contributed by atoms with Crippen LogP contribution >= 0.6 is 0 Å². The lowest BCUT2D eigenvalue weighted by atomic mass is 10.1. The van der Waals surface area contributed by atoms with Crippen molar-refractivity contribution in [3.63, 3.8) is 0 Å². The van der Waals surface area contributed by atoms with Crippen molar-refractivity contribution in [2.45, 2.75) is 20.4 Å². The fourth-order valence-electron chi connectivity index (χ4n) is 1.74. The molecule has 1 aromatic heterocycles. The average Bonchev–Trinajstić information content (AvgIpc) is 2.41. The van der Waals surface area contributed by atoms with E-state index in [2.05, 4.69) is 21.6 Å². The predicted molar refractivity (Wildman–Crippen MR) is 74.4 cm³/mol. The Hall–Kier alpha value is -2.61. The number of aromatic nitrogens is 2. The minimum absolute atomic E-state index is 0.494. The van der Waals surface area contributed by atoms with E-state index in [0.717, 1.165) is 16.8 Å². The fraction of sp³-hybridized carbons (Fsp3) is 0.214. The molecule has 3 N–H and O–H groups in total. The Morgan fingerprint density at radius 3 is 2.68 bits per heavy atom. The van der Waals surface area contributed by atoms with E-state index in [1.807, 2.05) is 38.1 Å². The smallest absolute Gasteiger partial charge is 0.167 e. The van der Waals surface area contributed by atoms with Crippen LogP contribution in [0.3, 0.4) is 0 Å². The van der Waals surface area contributed by atoms with Crippen LogP contribution in [-0.2, 0) is 6.54 Å². The molecule has 5 heteroatoms. The van der Waals surface area contributed by atoms with E-state index >= 15 is 0 Å². The maximum atomic E-state index is 9.19. The zero-order valence-corrected chi connectivity index (χ0v) is 10.9. The third kappa shape index (κ3) is 2.63. The van der Waals surface area contributed by atoms with Crippen LogP contribution in [-0.4, -0.2) is 10.2 Å². The molecular weight excluding hydrogens is 238 g/mol. The van der Waals surface area contributed by atoms with E-state index in [9.17, 15) is 5.26 Å². The Morgan fingerprint density at radius 1 is 1.26 bits per heavy atom. The zero-order valence-electron chi connectivity index (χ0n) is 10.9. The SMILES string of the molecule is Cc1nnc(NCc2ccccc2N)c(C#N)c1C. The second kappa shape index (κ2) is 5.36. The average molecular weight is 253 g/mol. The van der Waals surface area contributed by atoms with Crippen LogP contribution in [0.15, 0.2) is 24.3 Å². The first-order valence-corrected chi connectivity index (χ1v) is 5.94. The predicted octanol–water partition coefficient (Wildman–Crippen LogP) is 2.16. The minimum Gasteiger partial charge on any atom is -0.398 e. The molecule has 0 radical (unpaired) electrons. The Kier molecular flexibility index (Phi) is 3.62. The van der Waals surface area contributed by atoms with Gasteiger partial charge < -0.3 is 11.1 Å². The molecule has 0 amide bonds. The van der Waals surface area contributed by atoms with Crippen LogP contribution in [0, 0.1) is 25.2 Å². The molecule has 0 unspecified atom stereocenters. The number of hydrogen-bond acceptors (Lipinski definition) is 5. The van der Waals surface area contributed by atoms with Gasteiger partial charge in [0.2, 0.25) is 0 Å². The second-order valence-corrected chi connectivity index (χ2v) is 4.30. The van der Waals surface area contributed by atoms with Gasteiger partial charge in [-0.25, -0.2) is 0 Å². The van der Waals surface area contributed by atoms with Crippen molar-refractivity contribution in [2.24, 2.45) is 0 Å². The zero-order chi connectivity index (χ0) is 13.8. The first-order valence-electron chi connectivity index (χ1n) is 5.94. The number of nitrogens with two attached hydrogens (primary N) is 1. The summed E-state index contributed by atoms with van der Waals surface area (Å²) in [7, 11) is 0. The topological polar surface area (TPSA) is 87.6 Å². The van der Waals surface area contributed by atoms with E-state index in [4.69, 9.17) is 5.73 Å². The number of nitrogen functional groups attached to an aromatic ring is 1. The van der Waals surface area contributed by atoms with E-state index in [1.54, 1.807) is 0 Å². The second-order valence-electron chi connectivity index (χ2n) is 4.30. The minimum atomic E-state index is 0.494. The molecule has 96 valence electrons. The standard InChI is InChI=1S/C14H15N5/c1-9-10(2)18-19-14(12(9)7-15)17-8-11-5-3-4-6-13(11)16/h3-6H,8,16H2,1-2H3,(H,17,19). The molecule has 0 aliphatic carbocycles. The maximum Gasteiger partial charge on any atom is 0.167 e. The molecule has 0 bridgehead atoms. The number of nitrogens with one attached hydrogen (secondary N) is 1. The van der Waals surface area contributed by atoms with Crippen molar-refractivity contribution in [3.05, 3.63) is 46.6 Å². The molecule has 0 fully saturated rings. The van der Waals surface area contributed by atoms with Gasteiger partial charge in [0.15, 0.2) is 5.82 Å². The molecule has 0 aliphatic rings. The van der Waals surface area contributed by atoms with Crippen LogP contribution < -0.4 is 11.1 Å². The fourth-order valence-corrected chi connectivity index (χ4v) is 1.74. The number of nitriles is 1. The van der Waals surface area contributed by atoms with Gasteiger partial charge in [0.25, 0.3) is 0 Å². The quantitative estimate of drug-likeness (QED) is 0.818.